The number of halogens is 1. The molecule has 0 bridgehead atoms. The first-order chi connectivity index (χ1) is 19.3. The lowest BCUT2D eigenvalue weighted by Gasteiger charge is -2.37. The molecular formula is C26H24ClN9O2S2. The Bertz CT molecular complexity index is 1820. The van der Waals surface area contributed by atoms with Crippen molar-refractivity contribution in [3.63, 3.8) is 0 Å². The lowest BCUT2D eigenvalue weighted by molar-refractivity contribution is 0.390. The molecule has 0 radical (unpaired) electrons. The highest BCUT2D eigenvalue weighted by Gasteiger charge is 2.24. The van der Waals surface area contributed by atoms with Crippen molar-refractivity contribution in [2.75, 3.05) is 41.1 Å². The molecule has 0 unspecified atom stereocenters. The van der Waals surface area contributed by atoms with Gasteiger partial charge in [0.25, 0.3) is 10.0 Å². The maximum absolute atomic E-state index is 12.6. The number of hydrogen-bond acceptors (Lipinski definition) is 8. The van der Waals surface area contributed by atoms with Gasteiger partial charge in [-0.05, 0) is 67.2 Å². The number of aromatic amines is 1. The monoisotopic (exact) mass is 593 g/mol. The lowest BCUT2D eigenvalue weighted by Crippen LogP contribution is -2.50. The van der Waals surface area contributed by atoms with Crippen LogP contribution in [0.25, 0.3) is 21.9 Å². The van der Waals surface area contributed by atoms with Crippen LogP contribution >= 0.6 is 23.8 Å². The number of nitrogens with zero attached hydrogens (tertiary/aromatic N) is 6. The summed E-state index contributed by atoms with van der Waals surface area (Å²) in [6.45, 7) is 4.78. The smallest absolute Gasteiger partial charge is 0.264 e. The Kier molecular flexibility index (Phi) is 6.86. The Balaban J connectivity index is 1.11. The van der Waals surface area contributed by atoms with Crippen molar-refractivity contribution in [3.8, 4) is 0 Å². The lowest BCUT2D eigenvalue weighted by atomic mass is 10.1. The summed E-state index contributed by atoms with van der Waals surface area (Å²) >= 11 is 12.1. The number of rotatable bonds is 5. The Morgan fingerprint density at radius 3 is 2.48 bits per heavy atom. The molecule has 11 nitrogen and oxygen atoms in total. The summed E-state index contributed by atoms with van der Waals surface area (Å²) in [6, 6.07) is 12.0. The average molecular weight is 594 g/mol. The molecule has 1 saturated heterocycles. The van der Waals surface area contributed by atoms with E-state index in [0.29, 0.717) is 42.0 Å². The van der Waals surface area contributed by atoms with E-state index >= 15 is 0 Å². The molecule has 204 valence electrons. The third kappa shape index (κ3) is 5.10. The van der Waals surface area contributed by atoms with Crippen LogP contribution in [0.2, 0.25) is 5.02 Å². The molecule has 0 atom stereocenters. The zero-order chi connectivity index (χ0) is 27.9. The molecule has 5 aromatic rings. The van der Waals surface area contributed by atoms with Crippen LogP contribution in [0.1, 0.15) is 5.56 Å². The van der Waals surface area contributed by atoms with Crippen LogP contribution in [-0.2, 0) is 10.0 Å². The van der Waals surface area contributed by atoms with Crippen LogP contribution in [-0.4, -0.2) is 69.5 Å². The minimum atomic E-state index is -3.81. The van der Waals surface area contributed by atoms with Gasteiger partial charge < -0.3 is 20.1 Å². The topological polar surface area (TPSA) is 132 Å². The normalized spacial score (nSPS) is 14.1. The van der Waals surface area contributed by atoms with Gasteiger partial charge >= 0.3 is 0 Å². The summed E-state index contributed by atoms with van der Waals surface area (Å²) in [6.07, 6.45) is 4.50. The van der Waals surface area contributed by atoms with E-state index in [9.17, 15) is 8.42 Å². The zero-order valence-electron chi connectivity index (χ0n) is 21.3. The Hall–Kier alpha value is -4.07. The number of aromatic nitrogens is 5. The maximum Gasteiger partial charge on any atom is 0.264 e. The van der Waals surface area contributed by atoms with Crippen molar-refractivity contribution < 1.29 is 8.42 Å². The molecule has 3 N–H and O–H groups in total. The quantitative estimate of drug-likeness (QED) is 0.255. The third-order valence-corrected chi connectivity index (χ3v) is 8.83. The van der Waals surface area contributed by atoms with Crippen LogP contribution < -0.4 is 14.9 Å². The van der Waals surface area contributed by atoms with Gasteiger partial charge in [0, 0.05) is 60.2 Å². The number of sulfonamides is 1. The first kappa shape index (κ1) is 26.2. The molecule has 1 aliphatic rings. The number of anilines is 3. The molecule has 0 amide bonds. The van der Waals surface area contributed by atoms with Gasteiger partial charge in [0.1, 0.15) is 17.8 Å². The number of thiocarbonyl (C=S) groups is 1. The van der Waals surface area contributed by atoms with Crippen molar-refractivity contribution in [1.29, 1.82) is 0 Å². The molecule has 6 rings (SSSR count). The van der Waals surface area contributed by atoms with Gasteiger partial charge in [-0.25, -0.2) is 33.1 Å². The summed E-state index contributed by atoms with van der Waals surface area (Å²) in [7, 11) is -3.81. The Labute approximate surface area is 240 Å². The fourth-order valence-corrected chi connectivity index (χ4v) is 6.07. The number of nitrogens with one attached hydrogen (secondary N) is 3. The van der Waals surface area contributed by atoms with E-state index in [0.717, 1.165) is 33.3 Å². The fraction of sp³-hybridized carbons (Fsp3) is 0.192. The predicted octanol–water partition coefficient (Wildman–Crippen LogP) is 4.18. The summed E-state index contributed by atoms with van der Waals surface area (Å²) in [5.74, 6) is 0.873. The number of piperazine rings is 1. The van der Waals surface area contributed by atoms with E-state index in [2.05, 4.69) is 44.8 Å². The van der Waals surface area contributed by atoms with E-state index in [1.807, 2.05) is 19.1 Å². The number of H-pyrrole nitrogens is 1. The van der Waals surface area contributed by atoms with Gasteiger partial charge in [0.15, 0.2) is 5.11 Å². The summed E-state index contributed by atoms with van der Waals surface area (Å²) in [4.78, 5) is 24.6. The SMILES string of the molecule is Cc1cc2[nH]c3ncnc(N4CCN(C(=S)Nc5ccc(S(=O)(=O)Nc6ncccn6)cc5)CC4)c3c2cc1Cl. The Morgan fingerprint density at radius 2 is 1.75 bits per heavy atom. The van der Waals surface area contributed by atoms with Gasteiger partial charge in [-0.1, -0.05) is 11.6 Å². The molecule has 1 aliphatic heterocycles. The molecule has 1 fully saturated rings. The molecule has 0 saturated carbocycles. The minimum absolute atomic E-state index is 0.0105. The highest BCUT2D eigenvalue weighted by molar-refractivity contribution is 7.92. The van der Waals surface area contributed by atoms with E-state index in [-0.39, 0.29) is 10.8 Å². The summed E-state index contributed by atoms with van der Waals surface area (Å²) in [5, 5.41) is 6.43. The van der Waals surface area contributed by atoms with Crippen LogP contribution in [0.3, 0.4) is 0 Å². The average Bonchev–Trinajstić information content (AvgIpc) is 3.31. The highest BCUT2D eigenvalue weighted by Crippen LogP contribution is 2.34. The van der Waals surface area contributed by atoms with Crippen molar-refractivity contribution in [2.24, 2.45) is 0 Å². The van der Waals surface area contributed by atoms with Crippen LogP contribution in [0, 0.1) is 6.92 Å². The summed E-state index contributed by atoms with van der Waals surface area (Å²) < 4.78 is 27.6. The van der Waals surface area contributed by atoms with E-state index in [1.54, 1.807) is 24.5 Å². The van der Waals surface area contributed by atoms with E-state index in [4.69, 9.17) is 23.8 Å². The standard InChI is InChI=1S/C26H24ClN9O2S2/c1-16-13-21-19(14-20(16)27)22-23(33-21)30-15-31-24(22)35-9-11-36(12-10-35)26(39)32-17-3-5-18(6-4-17)40(37,38)34-25-28-7-2-8-29-25/h2-8,13-15H,9-12H2,1H3,(H,32,39)(H,28,29,34)(H,30,31,33). The molecule has 0 spiro atoms. The largest absolute Gasteiger partial charge is 0.352 e. The van der Waals surface area contributed by atoms with Gasteiger partial charge in [-0.3, -0.25) is 0 Å². The molecule has 4 heterocycles. The molecule has 2 aromatic carbocycles. The van der Waals surface area contributed by atoms with Crippen LogP contribution in [0.15, 0.2) is 66.1 Å². The third-order valence-electron chi connectivity index (χ3n) is 6.72. The second-order valence-corrected chi connectivity index (χ2v) is 11.8. The van der Waals surface area contributed by atoms with E-state index < -0.39 is 10.0 Å². The fourth-order valence-electron chi connectivity index (χ4n) is 4.65. The Morgan fingerprint density at radius 1 is 1.02 bits per heavy atom. The molecule has 0 aliphatic carbocycles. The van der Waals surface area contributed by atoms with Crippen LogP contribution in [0.5, 0.6) is 0 Å². The molecule has 14 heteroatoms. The van der Waals surface area contributed by atoms with Gasteiger partial charge in [-0.2, -0.15) is 0 Å². The van der Waals surface area contributed by atoms with Crippen molar-refractivity contribution >= 4 is 78.3 Å². The van der Waals surface area contributed by atoms with Gasteiger partial charge in [0.05, 0.1) is 10.3 Å². The second kappa shape index (κ2) is 10.5. The van der Waals surface area contributed by atoms with E-state index in [1.165, 1.54) is 24.5 Å². The predicted molar refractivity (Wildman–Crippen MR) is 160 cm³/mol. The van der Waals surface area contributed by atoms with Gasteiger partial charge in [0.2, 0.25) is 5.95 Å². The number of hydrogen-bond donors (Lipinski definition) is 3. The van der Waals surface area contributed by atoms with Crippen molar-refractivity contribution in [3.05, 3.63) is 71.8 Å². The number of aryl methyl sites for hydroxylation is 1. The minimum Gasteiger partial charge on any atom is -0.352 e. The highest BCUT2D eigenvalue weighted by atomic mass is 35.5. The second-order valence-electron chi connectivity index (χ2n) is 9.30. The zero-order valence-corrected chi connectivity index (χ0v) is 23.7. The van der Waals surface area contributed by atoms with Crippen molar-refractivity contribution in [2.45, 2.75) is 11.8 Å². The maximum atomic E-state index is 12.6. The summed E-state index contributed by atoms with van der Waals surface area (Å²) in [5.41, 5.74) is 3.44. The van der Waals surface area contributed by atoms with Crippen molar-refractivity contribution in [1.82, 2.24) is 29.8 Å². The molecule has 40 heavy (non-hydrogen) atoms. The molecular weight excluding hydrogens is 570 g/mol. The first-order valence-electron chi connectivity index (χ1n) is 12.4. The van der Waals surface area contributed by atoms with Crippen LogP contribution in [0.4, 0.5) is 17.5 Å². The number of benzene rings is 2. The van der Waals surface area contributed by atoms with Gasteiger partial charge in [-0.15, -0.1) is 0 Å². The number of fused-ring (bicyclic) bond motifs is 3. The molecule has 3 aromatic heterocycles. The first-order valence-corrected chi connectivity index (χ1v) is 14.7.